The molecule has 0 saturated carbocycles. The highest BCUT2D eigenvalue weighted by atomic mass is 16.6. The van der Waals surface area contributed by atoms with Crippen LogP contribution in [-0.4, -0.2) is 46.8 Å². The molecule has 1 fully saturated rings. The molecule has 1 aliphatic rings. The molecule has 0 bridgehead atoms. The van der Waals surface area contributed by atoms with Crippen molar-refractivity contribution >= 4 is 16.9 Å². The van der Waals surface area contributed by atoms with Crippen molar-refractivity contribution in [3.8, 4) is 12.3 Å². The first-order chi connectivity index (χ1) is 10.2. The second kappa shape index (κ2) is 5.54. The van der Waals surface area contributed by atoms with Crippen LogP contribution in [-0.2, 0) is 0 Å². The van der Waals surface area contributed by atoms with E-state index >= 15 is 0 Å². The van der Waals surface area contributed by atoms with Crippen molar-refractivity contribution in [3.05, 3.63) is 23.8 Å². The van der Waals surface area contributed by atoms with Gasteiger partial charge in [0.05, 0.1) is 6.54 Å². The van der Waals surface area contributed by atoms with Crippen molar-refractivity contribution in [1.29, 1.82) is 0 Å². The zero-order chi connectivity index (χ0) is 14.8. The van der Waals surface area contributed by atoms with Gasteiger partial charge in [0.15, 0.2) is 0 Å². The maximum Gasteiger partial charge on any atom is 0.253 e. The molecule has 0 spiro atoms. The topological polar surface area (TPSA) is 71.3 Å². The van der Waals surface area contributed by atoms with Crippen molar-refractivity contribution in [2.75, 3.05) is 19.6 Å². The number of aromatic nitrogens is 2. The third-order valence-corrected chi connectivity index (χ3v) is 3.87. The Morgan fingerprint density at radius 3 is 3.10 bits per heavy atom. The van der Waals surface area contributed by atoms with Crippen LogP contribution in [0.5, 0.6) is 0 Å². The lowest BCUT2D eigenvalue weighted by Crippen LogP contribution is -2.36. The molecule has 6 heteroatoms. The monoisotopic (exact) mass is 284 g/mol. The molecule has 21 heavy (non-hydrogen) atoms. The Balaban J connectivity index is 1.74. The van der Waals surface area contributed by atoms with E-state index in [1.165, 1.54) is 0 Å². The van der Waals surface area contributed by atoms with E-state index in [0.717, 1.165) is 6.54 Å². The highest BCUT2D eigenvalue weighted by molar-refractivity contribution is 5.97. The van der Waals surface area contributed by atoms with E-state index < -0.39 is 0 Å². The standard InChI is InChI=1S/C15H16N4O2/c1-3-6-16-14-9-19(8-10(14)2)15(20)11-4-5-12-13(7-11)18-21-17-12/h1,4-5,7,10,14,16H,6,8-9H2,2H3/t10-,14-/m1/s1. The second-order valence-electron chi connectivity index (χ2n) is 5.35. The molecule has 1 saturated heterocycles. The first-order valence-corrected chi connectivity index (χ1v) is 6.87. The lowest BCUT2D eigenvalue weighted by atomic mass is 10.1. The molecular formula is C15H16N4O2. The summed E-state index contributed by atoms with van der Waals surface area (Å²) in [6.07, 6.45) is 5.27. The molecule has 3 rings (SSSR count). The Morgan fingerprint density at radius 1 is 1.48 bits per heavy atom. The van der Waals surface area contributed by atoms with Gasteiger partial charge in [-0.15, -0.1) is 6.42 Å². The van der Waals surface area contributed by atoms with Crippen LogP contribution in [0, 0.1) is 18.3 Å². The lowest BCUT2D eigenvalue weighted by Gasteiger charge is -2.16. The van der Waals surface area contributed by atoms with E-state index in [9.17, 15) is 4.79 Å². The molecule has 2 atom stereocenters. The Labute approximate surface area is 122 Å². The quantitative estimate of drug-likeness (QED) is 0.848. The molecule has 0 radical (unpaired) electrons. The van der Waals surface area contributed by atoms with Crippen LogP contribution in [0.4, 0.5) is 0 Å². The summed E-state index contributed by atoms with van der Waals surface area (Å²) in [5.74, 6) is 2.94. The molecule has 1 aromatic heterocycles. The smallest absolute Gasteiger partial charge is 0.253 e. The fourth-order valence-corrected chi connectivity index (χ4v) is 2.69. The van der Waals surface area contributed by atoms with Crippen LogP contribution < -0.4 is 5.32 Å². The zero-order valence-corrected chi connectivity index (χ0v) is 11.7. The number of amides is 1. The summed E-state index contributed by atoms with van der Waals surface area (Å²) < 4.78 is 4.65. The van der Waals surface area contributed by atoms with Gasteiger partial charge in [-0.2, -0.15) is 0 Å². The molecule has 108 valence electrons. The minimum Gasteiger partial charge on any atom is -0.337 e. The Hall–Kier alpha value is -2.39. The van der Waals surface area contributed by atoms with Crippen LogP contribution in [0.2, 0.25) is 0 Å². The summed E-state index contributed by atoms with van der Waals surface area (Å²) >= 11 is 0. The average Bonchev–Trinajstić information content (AvgIpc) is 3.10. The number of likely N-dealkylation sites (tertiary alicyclic amines) is 1. The maximum atomic E-state index is 12.6. The van der Waals surface area contributed by atoms with E-state index in [2.05, 4.69) is 33.1 Å². The molecule has 1 aliphatic heterocycles. The molecule has 1 N–H and O–H groups in total. The number of nitrogens with zero attached hydrogens (tertiary/aromatic N) is 3. The van der Waals surface area contributed by atoms with Gasteiger partial charge in [-0.25, -0.2) is 4.63 Å². The Kier molecular flexibility index (Phi) is 3.59. The predicted molar refractivity (Wildman–Crippen MR) is 77.5 cm³/mol. The molecular weight excluding hydrogens is 268 g/mol. The summed E-state index contributed by atoms with van der Waals surface area (Å²) in [4.78, 5) is 14.4. The van der Waals surface area contributed by atoms with Crippen LogP contribution in [0.25, 0.3) is 11.0 Å². The number of fused-ring (bicyclic) bond motifs is 1. The highest BCUT2D eigenvalue weighted by Crippen LogP contribution is 2.20. The van der Waals surface area contributed by atoms with Gasteiger partial charge in [0, 0.05) is 24.7 Å². The minimum absolute atomic E-state index is 0.00300. The molecule has 1 amide bonds. The summed E-state index contributed by atoms with van der Waals surface area (Å²) in [5.41, 5.74) is 1.84. The molecule has 1 aromatic carbocycles. The highest BCUT2D eigenvalue weighted by Gasteiger charge is 2.32. The third kappa shape index (κ3) is 2.60. The second-order valence-corrected chi connectivity index (χ2v) is 5.35. The largest absolute Gasteiger partial charge is 0.337 e. The van der Waals surface area contributed by atoms with Gasteiger partial charge in [-0.05, 0) is 34.4 Å². The van der Waals surface area contributed by atoms with E-state index in [4.69, 9.17) is 6.42 Å². The van der Waals surface area contributed by atoms with Gasteiger partial charge in [-0.1, -0.05) is 12.8 Å². The van der Waals surface area contributed by atoms with Crippen molar-refractivity contribution in [3.63, 3.8) is 0 Å². The lowest BCUT2D eigenvalue weighted by molar-refractivity contribution is 0.0786. The van der Waals surface area contributed by atoms with Crippen LogP contribution >= 0.6 is 0 Å². The summed E-state index contributed by atoms with van der Waals surface area (Å²) in [7, 11) is 0. The summed E-state index contributed by atoms with van der Waals surface area (Å²) in [6, 6.07) is 5.44. The molecule has 2 heterocycles. The van der Waals surface area contributed by atoms with Crippen molar-refractivity contribution < 1.29 is 9.42 Å². The maximum absolute atomic E-state index is 12.6. The molecule has 2 aromatic rings. The molecule has 6 nitrogen and oxygen atoms in total. The first-order valence-electron chi connectivity index (χ1n) is 6.87. The Bertz CT molecular complexity index is 703. The van der Waals surface area contributed by atoms with Crippen molar-refractivity contribution in [2.24, 2.45) is 5.92 Å². The number of rotatable bonds is 3. The van der Waals surface area contributed by atoms with E-state index in [1.807, 2.05) is 4.90 Å². The van der Waals surface area contributed by atoms with Crippen LogP contribution in [0.1, 0.15) is 17.3 Å². The average molecular weight is 284 g/mol. The fourth-order valence-electron chi connectivity index (χ4n) is 2.69. The van der Waals surface area contributed by atoms with E-state index in [0.29, 0.717) is 35.6 Å². The normalized spacial score (nSPS) is 21.6. The van der Waals surface area contributed by atoms with Gasteiger partial charge in [0.25, 0.3) is 5.91 Å². The number of terminal acetylenes is 1. The van der Waals surface area contributed by atoms with Crippen molar-refractivity contribution in [2.45, 2.75) is 13.0 Å². The third-order valence-electron chi connectivity index (χ3n) is 3.87. The van der Waals surface area contributed by atoms with Crippen molar-refractivity contribution in [1.82, 2.24) is 20.5 Å². The SMILES string of the molecule is C#CCN[C@@H]1CN(C(=O)c2ccc3nonc3c2)C[C@H]1C. The number of nitrogens with one attached hydrogen (secondary N) is 1. The first kappa shape index (κ1) is 13.6. The number of carbonyl (C=O) groups excluding carboxylic acids is 1. The summed E-state index contributed by atoms with van der Waals surface area (Å²) in [6.45, 7) is 4.02. The summed E-state index contributed by atoms with van der Waals surface area (Å²) in [5, 5.41) is 10.8. The number of hydrogen-bond acceptors (Lipinski definition) is 5. The van der Waals surface area contributed by atoms with Gasteiger partial charge in [-0.3, -0.25) is 4.79 Å². The van der Waals surface area contributed by atoms with Crippen LogP contribution in [0.3, 0.4) is 0 Å². The minimum atomic E-state index is -0.00300. The molecule has 0 unspecified atom stereocenters. The van der Waals surface area contributed by atoms with Gasteiger partial charge in [0.2, 0.25) is 0 Å². The fraction of sp³-hybridized carbons (Fsp3) is 0.400. The predicted octanol–water partition coefficient (Wildman–Crippen LogP) is 0.906. The Morgan fingerprint density at radius 2 is 2.29 bits per heavy atom. The van der Waals surface area contributed by atoms with Crippen LogP contribution in [0.15, 0.2) is 22.8 Å². The van der Waals surface area contributed by atoms with Gasteiger partial charge in [0.1, 0.15) is 11.0 Å². The zero-order valence-electron chi connectivity index (χ0n) is 11.7. The molecule has 0 aliphatic carbocycles. The number of hydrogen-bond donors (Lipinski definition) is 1. The van der Waals surface area contributed by atoms with E-state index in [1.54, 1.807) is 18.2 Å². The number of benzene rings is 1. The van der Waals surface area contributed by atoms with Gasteiger partial charge >= 0.3 is 0 Å². The van der Waals surface area contributed by atoms with Gasteiger partial charge < -0.3 is 10.2 Å². The van der Waals surface area contributed by atoms with E-state index in [-0.39, 0.29) is 11.9 Å². The number of carbonyl (C=O) groups is 1.